The standard InChI is InChI=1S/C21H25Cl2N3O3/c22-16-5-6-17(18(23)12-16)21(29)25-10-8-24(9-11-25)20(28)15-2-1-7-26(13-15)19(27)14-3-4-14/h5-6,12,14-15H,1-4,7-11,13H2. The fourth-order valence-corrected chi connectivity index (χ4v) is 4.68. The molecule has 6 nitrogen and oxygen atoms in total. The second-order valence-corrected chi connectivity index (χ2v) is 8.98. The Labute approximate surface area is 180 Å². The van der Waals surface area contributed by atoms with Crippen molar-refractivity contribution < 1.29 is 14.4 Å². The van der Waals surface area contributed by atoms with Gasteiger partial charge < -0.3 is 14.7 Å². The van der Waals surface area contributed by atoms with Crippen molar-refractivity contribution in [2.24, 2.45) is 11.8 Å². The molecular formula is C21H25Cl2N3O3. The molecule has 0 spiro atoms. The van der Waals surface area contributed by atoms with E-state index in [0.717, 1.165) is 32.2 Å². The normalized spacial score (nSPS) is 22.6. The molecule has 0 aromatic heterocycles. The number of rotatable bonds is 3. The van der Waals surface area contributed by atoms with E-state index in [2.05, 4.69) is 0 Å². The average Bonchev–Trinajstić information content (AvgIpc) is 3.58. The van der Waals surface area contributed by atoms with Gasteiger partial charge in [-0.25, -0.2) is 0 Å². The molecule has 3 aliphatic rings. The lowest BCUT2D eigenvalue weighted by Gasteiger charge is -2.39. The predicted molar refractivity (Wildman–Crippen MR) is 111 cm³/mol. The molecule has 3 amide bonds. The molecular weight excluding hydrogens is 413 g/mol. The number of likely N-dealkylation sites (tertiary alicyclic amines) is 1. The molecule has 0 radical (unpaired) electrons. The number of amides is 3. The highest BCUT2D eigenvalue weighted by atomic mass is 35.5. The Hall–Kier alpha value is -1.79. The summed E-state index contributed by atoms with van der Waals surface area (Å²) in [5, 5.41) is 0.826. The van der Waals surface area contributed by atoms with Crippen LogP contribution in [-0.2, 0) is 9.59 Å². The van der Waals surface area contributed by atoms with Crippen molar-refractivity contribution in [2.75, 3.05) is 39.3 Å². The number of carbonyl (C=O) groups excluding carboxylic acids is 3. The van der Waals surface area contributed by atoms with Crippen LogP contribution in [0.25, 0.3) is 0 Å². The summed E-state index contributed by atoms with van der Waals surface area (Å²) in [6, 6.07) is 4.85. The molecule has 8 heteroatoms. The number of piperazine rings is 1. The van der Waals surface area contributed by atoms with Gasteiger partial charge >= 0.3 is 0 Å². The molecule has 2 saturated heterocycles. The first-order chi connectivity index (χ1) is 13.9. The highest BCUT2D eigenvalue weighted by Gasteiger charge is 2.38. The van der Waals surface area contributed by atoms with Gasteiger partial charge in [0.15, 0.2) is 0 Å². The summed E-state index contributed by atoms with van der Waals surface area (Å²) >= 11 is 12.1. The minimum atomic E-state index is -0.141. The van der Waals surface area contributed by atoms with Crippen molar-refractivity contribution >= 4 is 40.9 Å². The zero-order valence-electron chi connectivity index (χ0n) is 16.3. The second-order valence-electron chi connectivity index (χ2n) is 8.14. The topological polar surface area (TPSA) is 60.9 Å². The van der Waals surface area contributed by atoms with E-state index in [4.69, 9.17) is 23.2 Å². The Morgan fingerprint density at radius 3 is 2.10 bits per heavy atom. The fraction of sp³-hybridized carbons (Fsp3) is 0.571. The predicted octanol–water partition coefficient (Wildman–Crippen LogP) is 2.93. The molecule has 3 fully saturated rings. The lowest BCUT2D eigenvalue weighted by Crippen LogP contribution is -2.54. The Morgan fingerprint density at radius 1 is 0.793 bits per heavy atom. The van der Waals surface area contributed by atoms with E-state index in [1.807, 2.05) is 9.80 Å². The largest absolute Gasteiger partial charge is 0.342 e. The maximum Gasteiger partial charge on any atom is 0.255 e. The van der Waals surface area contributed by atoms with Crippen molar-refractivity contribution in [3.8, 4) is 0 Å². The SMILES string of the molecule is O=C(c1ccc(Cl)cc1Cl)N1CCN(C(=O)C2CCCN(C(=O)C3CC3)C2)CC1. The molecule has 2 aliphatic heterocycles. The zero-order chi connectivity index (χ0) is 20.5. The number of halogens is 2. The van der Waals surface area contributed by atoms with E-state index in [1.54, 1.807) is 23.1 Å². The average molecular weight is 438 g/mol. The third kappa shape index (κ3) is 4.53. The van der Waals surface area contributed by atoms with Crippen molar-refractivity contribution in [2.45, 2.75) is 25.7 Å². The monoisotopic (exact) mass is 437 g/mol. The summed E-state index contributed by atoms with van der Waals surface area (Å²) < 4.78 is 0. The van der Waals surface area contributed by atoms with E-state index in [-0.39, 0.29) is 29.6 Å². The Morgan fingerprint density at radius 2 is 1.45 bits per heavy atom. The third-order valence-electron chi connectivity index (χ3n) is 6.05. The van der Waals surface area contributed by atoms with Gasteiger partial charge in [0.1, 0.15) is 0 Å². The molecule has 1 aliphatic carbocycles. The molecule has 0 N–H and O–H groups in total. The van der Waals surface area contributed by atoms with Gasteiger partial charge in [0.25, 0.3) is 5.91 Å². The van der Waals surface area contributed by atoms with Crippen LogP contribution < -0.4 is 0 Å². The lowest BCUT2D eigenvalue weighted by molar-refractivity contribution is -0.142. The van der Waals surface area contributed by atoms with Gasteiger partial charge in [0.2, 0.25) is 11.8 Å². The molecule has 1 saturated carbocycles. The number of hydrogen-bond acceptors (Lipinski definition) is 3. The van der Waals surface area contributed by atoms with Gasteiger partial charge in [-0.3, -0.25) is 14.4 Å². The molecule has 2 heterocycles. The van der Waals surface area contributed by atoms with Crippen LogP contribution >= 0.6 is 23.2 Å². The maximum atomic E-state index is 13.0. The lowest BCUT2D eigenvalue weighted by atomic mass is 9.95. The van der Waals surface area contributed by atoms with E-state index >= 15 is 0 Å². The van der Waals surface area contributed by atoms with Crippen molar-refractivity contribution in [3.05, 3.63) is 33.8 Å². The van der Waals surface area contributed by atoms with Gasteiger partial charge in [-0.15, -0.1) is 0 Å². The van der Waals surface area contributed by atoms with Crippen molar-refractivity contribution in [3.63, 3.8) is 0 Å². The molecule has 4 rings (SSSR count). The maximum absolute atomic E-state index is 13.0. The van der Waals surface area contributed by atoms with Gasteiger partial charge in [-0.05, 0) is 43.9 Å². The Balaban J connectivity index is 1.32. The number of benzene rings is 1. The summed E-state index contributed by atoms with van der Waals surface area (Å²) in [7, 11) is 0. The van der Waals surface area contributed by atoms with Crippen molar-refractivity contribution in [1.82, 2.24) is 14.7 Å². The van der Waals surface area contributed by atoms with Gasteiger partial charge in [-0.1, -0.05) is 23.2 Å². The molecule has 29 heavy (non-hydrogen) atoms. The van der Waals surface area contributed by atoms with Crippen LogP contribution in [-0.4, -0.2) is 71.7 Å². The van der Waals surface area contributed by atoms with Crippen molar-refractivity contribution in [1.29, 1.82) is 0 Å². The molecule has 1 aromatic rings. The van der Waals surface area contributed by atoms with Gasteiger partial charge in [-0.2, -0.15) is 0 Å². The number of hydrogen-bond donors (Lipinski definition) is 0. The smallest absolute Gasteiger partial charge is 0.255 e. The quantitative estimate of drug-likeness (QED) is 0.729. The highest BCUT2D eigenvalue weighted by molar-refractivity contribution is 6.36. The van der Waals surface area contributed by atoms with Crippen LogP contribution in [0, 0.1) is 11.8 Å². The zero-order valence-corrected chi connectivity index (χ0v) is 17.8. The third-order valence-corrected chi connectivity index (χ3v) is 6.60. The summed E-state index contributed by atoms with van der Waals surface area (Å²) in [5.74, 6) is 0.253. The molecule has 1 unspecified atom stereocenters. The second kappa shape index (κ2) is 8.52. The summed E-state index contributed by atoms with van der Waals surface area (Å²) in [5.41, 5.74) is 0.428. The van der Waals surface area contributed by atoms with Gasteiger partial charge in [0.05, 0.1) is 16.5 Å². The van der Waals surface area contributed by atoms with E-state index in [1.165, 1.54) is 0 Å². The minimum absolute atomic E-state index is 0.106. The highest BCUT2D eigenvalue weighted by Crippen LogP contribution is 2.33. The first-order valence-electron chi connectivity index (χ1n) is 10.3. The minimum Gasteiger partial charge on any atom is -0.342 e. The van der Waals surface area contributed by atoms with E-state index < -0.39 is 0 Å². The van der Waals surface area contributed by atoms with E-state index in [9.17, 15) is 14.4 Å². The fourth-order valence-electron chi connectivity index (χ4n) is 4.19. The molecule has 1 atom stereocenters. The Bertz CT molecular complexity index is 819. The Kier molecular flexibility index (Phi) is 6.02. The van der Waals surface area contributed by atoms with Crippen LogP contribution in [0.3, 0.4) is 0 Å². The van der Waals surface area contributed by atoms with Crippen LogP contribution in [0.4, 0.5) is 0 Å². The summed E-state index contributed by atoms with van der Waals surface area (Å²) in [4.78, 5) is 43.5. The number of nitrogens with zero attached hydrogens (tertiary/aromatic N) is 3. The molecule has 156 valence electrons. The number of carbonyl (C=O) groups is 3. The van der Waals surface area contributed by atoms with Crippen LogP contribution in [0.15, 0.2) is 18.2 Å². The first kappa shape index (κ1) is 20.5. The van der Waals surface area contributed by atoms with Gasteiger partial charge in [0, 0.05) is 50.2 Å². The number of piperidine rings is 1. The summed E-state index contributed by atoms with van der Waals surface area (Å²) in [6.07, 6.45) is 3.68. The van der Waals surface area contributed by atoms with E-state index in [0.29, 0.717) is 48.3 Å². The van der Waals surface area contributed by atoms with Crippen LogP contribution in [0.1, 0.15) is 36.0 Å². The van der Waals surface area contributed by atoms with Crippen LogP contribution in [0.2, 0.25) is 10.0 Å². The molecule has 0 bridgehead atoms. The molecule has 1 aromatic carbocycles. The first-order valence-corrected chi connectivity index (χ1v) is 11.0. The van der Waals surface area contributed by atoms with Crippen LogP contribution in [0.5, 0.6) is 0 Å². The summed E-state index contributed by atoms with van der Waals surface area (Å²) in [6.45, 7) is 3.25.